The average Bonchev–Trinajstić information content (AvgIpc) is 2.73. The van der Waals surface area contributed by atoms with E-state index >= 15 is 0 Å². The SMILES string of the molecule is Cc1cc(Br)ccc1C(=O)N1CCN(S(=O)(=O)c2ccc3cc(Cl)ccc3c2)CC1. The third-order valence-electron chi connectivity index (χ3n) is 5.36. The summed E-state index contributed by atoms with van der Waals surface area (Å²) in [5.41, 5.74) is 1.53. The molecule has 156 valence electrons. The van der Waals surface area contributed by atoms with Gasteiger partial charge >= 0.3 is 0 Å². The van der Waals surface area contributed by atoms with Gasteiger partial charge in [0.05, 0.1) is 4.90 Å². The van der Waals surface area contributed by atoms with E-state index in [2.05, 4.69) is 15.9 Å². The van der Waals surface area contributed by atoms with Crippen LogP contribution >= 0.6 is 27.5 Å². The van der Waals surface area contributed by atoms with Crippen molar-refractivity contribution in [1.29, 1.82) is 0 Å². The number of benzene rings is 3. The Morgan fingerprint density at radius 1 is 0.933 bits per heavy atom. The molecule has 0 unspecified atom stereocenters. The third-order valence-corrected chi connectivity index (χ3v) is 7.98. The van der Waals surface area contributed by atoms with E-state index in [1.807, 2.05) is 31.2 Å². The van der Waals surface area contributed by atoms with E-state index in [1.165, 1.54) is 4.31 Å². The molecule has 0 N–H and O–H groups in total. The second kappa shape index (κ2) is 8.30. The number of halogens is 2. The molecule has 0 radical (unpaired) electrons. The predicted octanol–water partition coefficient (Wildman–Crippen LogP) is 4.71. The molecule has 1 aliphatic heterocycles. The standard InChI is InChI=1S/C22H20BrClN2O3S/c1-15-12-18(23)4-7-21(15)22(27)25-8-10-26(11-9-25)30(28,29)20-6-3-16-13-19(24)5-2-17(16)14-20/h2-7,12-14H,8-11H2,1H3. The summed E-state index contributed by atoms with van der Waals surface area (Å²) < 4.78 is 28.6. The number of amides is 1. The first-order chi connectivity index (χ1) is 14.3. The lowest BCUT2D eigenvalue weighted by molar-refractivity contribution is 0.0697. The zero-order chi connectivity index (χ0) is 21.5. The summed E-state index contributed by atoms with van der Waals surface area (Å²) in [6, 6.07) is 16.0. The van der Waals surface area contributed by atoms with Gasteiger partial charge in [0.25, 0.3) is 5.91 Å². The molecule has 3 aromatic carbocycles. The number of carbonyl (C=O) groups is 1. The minimum Gasteiger partial charge on any atom is -0.336 e. The van der Waals surface area contributed by atoms with E-state index in [-0.39, 0.29) is 23.9 Å². The summed E-state index contributed by atoms with van der Waals surface area (Å²) in [6.07, 6.45) is 0. The van der Waals surface area contributed by atoms with Crippen molar-refractivity contribution < 1.29 is 13.2 Å². The van der Waals surface area contributed by atoms with Crippen LogP contribution < -0.4 is 0 Å². The molecule has 0 saturated carbocycles. The maximum absolute atomic E-state index is 13.1. The summed E-state index contributed by atoms with van der Waals surface area (Å²) in [5, 5.41) is 2.32. The number of carbonyl (C=O) groups excluding carboxylic acids is 1. The van der Waals surface area contributed by atoms with E-state index in [4.69, 9.17) is 11.6 Å². The highest BCUT2D eigenvalue weighted by Gasteiger charge is 2.31. The maximum Gasteiger partial charge on any atom is 0.254 e. The summed E-state index contributed by atoms with van der Waals surface area (Å²) in [7, 11) is -3.63. The fraction of sp³-hybridized carbons (Fsp3) is 0.227. The van der Waals surface area contributed by atoms with Gasteiger partial charge < -0.3 is 4.90 Å². The minimum atomic E-state index is -3.63. The van der Waals surface area contributed by atoms with E-state index < -0.39 is 10.0 Å². The number of piperazine rings is 1. The number of hydrogen-bond donors (Lipinski definition) is 0. The van der Waals surface area contributed by atoms with Crippen LogP contribution in [0.25, 0.3) is 10.8 Å². The summed E-state index contributed by atoms with van der Waals surface area (Å²) in [5.74, 6) is -0.0698. The molecule has 30 heavy (non-hydrogen) atoms. The van der Waals surface area contributed by atoms with Crippen LogP contribution in [0.4, 0.5) is 0 Å². The molecule has 8 heteroatoms. The highest BCUT2D eigenvalue weighted by Crippen LogP contribution is 2.25. The Morgan fingerprint density at radius 2 is 1.60 bits per heavy atom. The van der Waals surface area contributed by atoms with Gasteiger partial charge in [-0.2, -0.15) is 4.31 Å². The lowest BCUT2D eigenvalue weighted by Crippen LogP contribution is -2.50. The molecule has 1 heterocycles. The minimum absolute atomic E-state index is 0.0698. The van der Waals surface area contributed by atoms with Gasteiger partial charge in [-0.05, 0) is 65.7 Å². The molecule has 0 spiro atoms. The van der Waals surface area contributed by atoms with Crippen molar-refractivity contribution in [2.45, 2.75) is 11.8 Å². The number of rotatable bonds is 3. The van der Waals surface area contributed by atoms with Gasteiger partial charge in [0.15, 0.2) is 0 Å². The number of nitrogens with zero attached hydrogens (tertiary/aromatic N) is 2. The van der Waals surface area contributed by atoms with Crippen LogP contribution in [0.15, 0.2) is 64.0 Å². The Labute approximate surface area is 189 Å². The van der Waals surface area contributed by atoms with Gasteiger partial charge in [-0.25, -0.2) is 8.42 Å². The average molecular weight is 508 g/mol. The molecule has 0 aromatic heterocycles. The van der Waals surface area contributed by atoms with E-state index in [0.29, 0.717) is 23.7 Å². The van der Waals surface area contributed by atoms with Crippen LogP contribution in [0.1, 0.15) is 15.9 Å². The van der Waals surface area contributed by atoms with Crippen molar-refractivity contribution in [3.63, 3.8) is 0 Å². The van der Waals surface area contributed by atoms with Crippen molar-refractivity contribution in [3.05, 3.63) is 75.2 Å². The second-order valence-electron chi connectivity index (χ2n) is 7.31. The van der Waals surface area contributed by atoms with Gasteiger partial charge in [-0.15, -0.1) is 0 Å². The number of sulfonamides is 1. The van der Waals surface area contributed by atoms with E-state index in [1.54, 1.807) is 35.2 Å². The quantitative estimate of drug-likeness (QED) is 0.516. The normalized spacial score (nSPS) is 15.5. The van der Waals surface area contributed by atoms with Gasteiger partial charge in [-0.1, -0.05) is 39.7 Å². The van der Waals surface area contributed by atoms with Crippen LogP contribution in [-0.4, -0.2) is 49.7 Å². The smallest absolute Gasteiger partial charge is 0.254 e. The highest BCUT2D eigenvalue weighted by atomic mass is 79.9. The lowest BCUT2D eigenvalue weighted by Gasteiger charge is -2.34. The first-order valence-electron chi connectivity index (χ1n) is 9.50. The number of aryl methyl sites for hydroxylation is 1. The van der Waals surface area contributed by atoms with Gasteiger partial charge in [0.1, 0.15) is 0 Å². The van der Waals surface area contributed by atoms with Gasteiger partial charge in [0.2, 0.25) is 10.0 Å². The Balaban J connectivity index is 1.50. The maximum atomic E-state index is 13.1. The van der Waals surface area contributed by atoms with Gasteiger partial charge in [-0.3, -0.25) is 4.79 Å². The van der Waals surface area contributed by atoms with Crippen molar-refractivity contribution in [1.82, 2.24) is 9.21 Å². The van der Waals surface area contributed by atoms with Gasteiger partial charge in [0, 0.05) is 41.2 Å². The molecule has 3 aromatic rings. The van der Waals surface area contributed by atoms with E-state index in [0.717, 1.165) is 20.8 Å². The monoisotopic (exact) mass is 506 g/mol. The Morgan fingerprint density at radius 3 is 2.30 bits per heavy atom. The zero-order valence-electron chi connectivity index (χ0n) is 16.3. The van der Waals surface area contributed by atoms with Crippen LogP contribution in [0, 0.1) is 6.92 Å². The molecule has 1 fully saturated rings. The lowest BCUT2D eigenvalue weighted by atomic mass is 10.1. The topological polar surface area (TPSA) is 57.7 Å². The van der Waals surface area contributed by atoms with Crippen molar-refractivity contribution in [2.75, 3.05) is 26.2 Å². The molecule has 0 bridgehead atoms. The van der Waals surface area contributed by atoms with Crippen LogP contribution in [0.2, 0.25) is 5.02 Å². The summed E-state index contributed by atoms with van der Waals surface area (Å²) in [4.78, 5) is 14.8. The summed E-state index contributed by atoms with van der Waals surface area (Å²) >= 11 is 9.42. The molecule has 4 rings (SSSR count). The Hall–Kier alpha value is -1.93. The first-order valence-corrected chi connectivity index (χ1v) is 12.1. The zero-order valence-corrected chi connectivity index (χ0v) is 19.5. The molecule has 0 atom stereocenters. The van der Waals surface area contributed by atoms with Crippen LogP contribution in [-0.2, 0) is 10.0 Å². The largest absolute Gasteiger partial charge is 0.336 e. The van der Waals surface area contributed by atoms with Crippen molar-refractivity contribution in [3.8, 4) is 0 Å². The molecular formula is C22H20BrClN2O3S. The fourth-order valence-electron chi connectivity index (χ4n) is 3.67. The second-order valence-corrected chi connectivity index (χ2v) is 10.6. The van der Waals surface area contributed by atoms with Crippen molar-refractivity contribution in [2.24, 2.45) is 0 Å². The Kier molecular flexibility index (Phi) is 5.90. The fourth-order valence-corrected chi connectivity index (χ4v) is 5.79. The highest BCUT2D eigenvalue weighted by molar-refractivity contribution is 9.10. The molecule has 1 amide bonds. The van der Waals surface area contributed by atoms with Crippen LogP contribution in [0.5, 0.6) is 0 Å². The number of fused-ring (bicyclic) bond motifs is 1. The molecule has 0 aliphatic carbocycles. The van der Waals surface area contributed by atoms with Crippen molar-refractivity contribution >= 4 is 54.2 Å². The van der Waals surface area contributed by atoms with E-state index in [9.17, 15) is 13.2 Å². The first kappa shape index (κ1) is 21.3. The third kappa shape index (κ3) is 4.12. The molecule has 1 saturated heterocycles. The molecule has 5 nitrogen and oxygen atoms in total. The Bertz CT molecular complexity index is 1240. The number of hydrogen-bond acceptors (Lipinski definition) is 3. The van der Waals surface area contributed by atoms with Crippen LogP contribution in [0.3, 0.4) is 0 Å². The molecule has 1 aliphatic rings. The molecular weight excluding hydrogens is 488 g/mol. The summed E-state index contributed by atoms with van der Waals surface area (Å²) in [6.45, 7) is 3.14. The predicted molar refractivity (Wildman–Crippen MR) is 122 cm³/mol.